The molecule has 0 spiro atoms. The molecular weight excluding hydrogens is 212 g/mol. The lowest BCUT2D eigenvalue weighted by molar-refractivity contribution is 0.286. The molecule has 2 rings (SSSR count). The van der Waals surface area contributed by atoms with E-state index in [4.69, 9.17) is 4.74 Å². The van der Waals surface area contributed by atoms with Crippen LogP contribution in [0.15, 0.2) is 18.3 Å². The summed E-state index contributed by atoms with van der Waals surface area (Å²) in [6, 6.07) is 4.48. The van der Waals surface area contributed by atoms with Gasteiger partial charge in [-0.1, -0.05) is 19.3 Å². The maximum absolute atomic E-state index is 5.32. The molecule has 94 valence electrons. The predicted octanol–water partition coefficient (Wildman–Crippen LogP) is 3.47. The van der Waals surface area contributed by atoms with Crippen LogP contribution in [0.4, 0.5) is 5.69 Å². The molecule has 1 aromatic rings. The van der Waals surface area contributed by atoms with Crippen molar-refractivity contribution in [3.8, 4) is 5.88 Å². The SMILES string of the molecule is CCOc1ccc(NC(C)CC2CCC2)cn1. The summed E-state index contributed by atoms with van der Waals surface area (Å²) in [5, 5.41) is 3.49. The first-order valence-electron chi connectivity index (χ1n) is 6.63. The van der Waals surface area contributed by atoms with Crippen LogP contribution in [0.5, 0.6) is 5.88 Å². The van der Waals surface area contributed by atoms with Crippen molar-refractivity contribution in [2.45, 2.75) is 45.6 Å². The maximum Gasteiger partial charge on any atom is 0.213 e. The van der Waals surface area contributed by atoms with E-state index in [1.54, 1.807) is 0 Å². The molecule has 3 nitrogen and oxygen atoms in total. The van der Waals surface area contributed by atoms with Gasteiger partial charge in [-0.05, 0) is 32.3 Å². The summed E-state index contributed by atoms with van der Waals surface area (Å²) in [5.41, 5.74) is 1.08. The van der Waals surface area contributed by atoms with Crippen molar-refractivity contribution in [1.29, 1.82) is 0 Å². The van der Waals surface area contributed by atoms with Gasteiger partial charge in [0.2, 0.25) is 5.88 Å². The van der Waals surface area contributed by atoms with Gasteiger partial charge in [-0.25, -0.2) is 4.98 Å². The Morgan fingerprint density at radius 3 is 2.82 bits per heavy atom. The molecule has 1 fully saturated rings. The Labute approximate surface area is 104 Å². The van der Waals surface area contributed by atoms with E-state index in [0.29, 0.717) is 18.5 Å². The highest BCUT2D eigenvalue weighted by atomic mass is 16.5. The quantitative estimate of drug-likeness (QED) is 0.818. The number of nitrogens with one attached hydrogen (secondary N) is 1. The number of aromatic nitrogens is 1. The summed E-state index contributed by atoms with van der Waals surface area (Å²) in [6.45, 7) is 4.88. The number of anilines is 1. The number of hydrogen-bond acceptors (Lipinski definition) is 3. The van der Waals surface area contributed by atoms with Crippen molar-refractivity contribution in [3.05, 3.63) is 18.3 Å². The fourth-order valence-electron chi connectivity index (χ4n) is 2.27. The highest BCUT2D eigenvalue weighted by molar-refractivity contribution is 5.42. The van der Waals surface area contributed by atoms with Crippen molar-refractivity contribution in [2.24, 2.45) is 5.92 Å². The second-order valence-corrected chi connectivity index (χ2v) is 4.90. The van der Waals surface area contributed by atoms with Crippen LogP contribution in [0.2, 0.25) is 0 Å². The van der Waals surface area contributed by atoms with Gasteiger partial charge < -0.3 is 10.1 Å². The molecule has 3 heteroatoms. The normalized spacial score (nSPS) is 17.3. The van der Waals surface area contributed by atoms with Crippen molar-refractivity contribution in [2.75, 3.05) is 11.9 Å². The van der Waals surface area contributed by atoms with Gasteiger partial charge in [0, 0.05) is 12.1 Å². The zero-order valence-corrected chi connectivity index (χ0v) is 10.8. The molecule has 0 saturated heterocycles. The summed E-state index contributed by atoms with van der Waals surface area (Å²) in [5.74, 6) is 1.64. The Morgan fingerprint density at radius 2 is 2.29 bits per heavy atom. The number of ether oxygens (including phenoxy) is 1. The lowest BCUT2D eigenvalue weighted by Gasteiger charge is -2.28. The van der Waals surface area contributed by atoms with E-state index in [1.807, 2.05) is 25.3 Å². The lowest BCUT2D eigenvalue weighted by Crippen LogP contribution is -2.23. The maximum atomic E-state index is 5.32. The van der Waals surface area contributed by atoms with E-state index < -0.39 is 0 Å². The predicted molar refractivity (Wildman–Crippen MR) is 70.4 cm³/mol. The van der Waals surface area contributed by atoms with Gasteiger partial charge in [-0.15, -0.1) is 0 Å². The van der Waals surface area contributed by atoms with Crippen molar-refractivity contribution >= 4 is 5.69 Å². The molecule has 0 bridgehead atoms. The van der Waals surface area contributed by atoms with E-state index in [2.05, 4.69) is 17.2 Å². The largest absolute Gasteiger partial charge is 0.478 e. The van der Waals surface area contributed by atoms with Crippen LogP contribution in [0.3, 0.4) is 0 Å². The van der Waals surface area contributed by atoms with Crippen LogP contribution in [-0.2, 0) is 0 Å². The Morgan fingerprint density at radius 1 is 1.47 bits per heavy atom. The third-order valence-corrected chi connectivity index (χ3v) is 3.35. The smallest absolute Gasteiger partial charge is 0.213 e. The second kappa shape index (κ2) is 5.89. The Bertz CT molecular complexity index is 333. The number of pyridine rings is 1. The summed E-state index contributed by atoms with van der Waals surface area (Å²) in [7, 11) is 0. The Hall–Kier alpha value is -1.25. The van der Waals surface area contributed by atoms with Crippen LogP contribution in [0.25, 0.3) is 0 Å². The van der Waals surface area contributed by atoms with Crippen molar-refractivity contribution in [3.63, 3.8) is 0 Å². The topological polar surface area (TPSA) is 34.1 Å². The first-order valence-corrected chi connectivity index (χ1v) is 6.63. The van der Waals surface area contributed by atoms with Crippen molar-refractivity contribution in [1.82, 2.24) is 4.98 Å². The van der Waals surface area contributed by atoms with E-state index in [0.717, 1.165) is 11.6 Å². The molecule has 0 amide bonds. The first-order chi connectivity index (χ1) is 8.28. The van der Waals surface area contributed by atoms with E-state index in [-0.39, 0.29) is 0 Å². The van der Waals surface area contributed by atoms with Crippen LogP contribution in [-0.4, -0.2) is 17.6 Å². The fraction of sp³-hybridized carbons (Fsp3) is 0.643. The van der Waals surface area contributed by atoms with E-state index >= 15 is 0 Å². The van der Waals surface area contributed by atoms with Crippen molar-refractivity contribution < 1.29 is 4.74 Å². The van der Waals surface area contributed by atoms with Crippen LogP contribution >= 0.6 is 0 Å². The van der Waals surface area contributed by atoms with Gasteiger partial charge in [0.05, 0.1) is 18.5 Å². The molecule has 1 aliphatic carbocycles. The zero-order valence-electron chi connectivity index (χ0n) is 10.8. The van der Waals surface area contributed by atoms with Gasteiger partial charge >= 0.3 is 0 Å². The molecule has 17 heavy (non-hydrogen) atoms. The standard InChI is InChI=1S/C14H22N2O/c1-3-17-14-8-7-13(10-15-14)16-11(2)9-12-5-4-6-12/h7-8,10-12,16H,3-6,9H2,1-2H3. The molecule has 1 atom stereocenters. The molecule has 1 unspecified atom stereocenters. The van der Waals surface area contributed by atoms with Crippen LogP contribution < -0.4 is 10.1 Å². The second-order valence-electron chi connectivity index (χ2n) is 4.90. The molecule has 0 aromatic carbocycles. The molecule has 1 aromatic heterocycles. The molecule has 1 aliphatic rings. The van der Waals surface area contributed by atoms with E-state index in [9.17, 15) is 0 Å². The summed E-state index contributed by atoms with van der Waals surface area (Å²) in [4.78, 5) is 4.25. The summed E-state index contributed by atoms with van der Waals surface area (Å²) >= 11 is 0. The molecule has 1 heterocycles. The van der Waals surface area contributed by atoms with Crippen LogP contribution in [0.1, 0.15) is 39.5 Å². The lowest BCUT2D eigenvalue weighted by atomic mass is 9.81. The highest BCUT2D eigenvalue weighted by Crippen LogP contribution is 2.31. The Kier molecular flexibility index (Phi) is 4.24. The van der Waals surface area contributed by atoms with Gasteiger partial charge in [0.1, 0.15) is 0 Å². The number of hydrogen-bond donors (Lipinski definition) is 1. The summed E-state index contributed by atoms with van der Waals surface area (Å²) in [6.07, 6.45) is 7.36. The zero-order chi connectivity index (χ0) is 12.1. The monoisotopic (exact) mass is 234 g/mol. The van der Waals surface area contributed by atoms with Gasteiger partial charge in [-0.2, -0.15) is 0 Å². The fourth-order valence-corrected chi connectivity index (χ4v) is 2.27. The minimum Gasteiger partial charge on any atom is -0.478 e. The number of rotatable bonds is 6. The first kappa shape index (κ1) is 12.2. The van der Waals surface area contributed by atoms with Crippen LogP contribution in [0, 0.1) is 5.92 Å². The number of nitrogens with zero attached hydrogens (tertiary/aromatic N) is 1. The highest BCUT2D eigenvalue weighted by Gasteiger charge is 2.19. The average Bonchev–Trinajstić information content (AvgIpc) is 2.27. The molecule has 1 N–H and O–H groups in total. The molecule has 1 saturated carbocycles. The van der Waals surface area contributed by atoms with Gasteiger partial charge in [-0.3, -0.25) is 0 Å². The van der Waals surface area contributed by atoms with E-state index in [1.165, 1.54) is 25.7 Å². The third kappa shape index (κ3) is 3.62. The van der Waals surface area contributed by atoms with Gasteiger partial charge in [0.15, 0.2) is 0 Å². The third-order valence-electron chi connectivity index (χ3n) is 3.35. The molecular formula is C14H22N2O. The summed E-state index contributed by atoms with van der Waals surface area (Å²) < 4.78 is 5.32. The average molecular weight is 234 g/mol. The Balaban J connectivity index is 1.80. The molecule has 0 aliphatic heterocycles. The minimum absolute atomic E-state index is 0.528. The molecule has 0 radical (unpaired) electrons. The minimum atomic E-state index is 0.528. The van der Waals surface area contributed by atoms with Gasteiger partial charge in [0.25, 0.3) is 0 Å².